The highest BCUT2D eigenvalue weighted by Crippen LogP contribution is 2.28. The van der Waals surface area contributed by atoms with Gasteiger partial charge < -0.3 is 0 Å². The van der Waals surface area contributed by atoms with Gasteiger partial charge in [-0.3, -0.25) is 0 Å². The van der Waals surface area contributed by atoms with E-state index >= 15 is 0 Å². The Labute approximate surface area is 167 Å². The summed E-state index contributed by atoms with van der Waals surface area (Å²) in [6.07, 6.45) is 1.64. The summed E-state index contributed by atoms with van der Waals surface area (Å²) in [7, 11) is 0. The fourth-order valence-electron chi connectivity index (χ4n) is 2.61. The molecule has 0 spiro atoms. The van der Waals surface area contributed by atoms with Gasteiger partial charge in [-0.15, -0.1) is 5.10 Å². The van der Waals surface area contributed by atoms with Crippen LogP contribution < -0.4 is 0 Å². The maximum Gasteiger partial charge on any atom is 0.187 e. The molecule has 0 atom stereocenters. The highest BCUT2D eigenvalue weighted by molar-refractivity contribution is 9.10. The number of rotatable bonds is 4. The van der Waals surface area contributed by atoms with Crippen LogP contribution in [0.15, 0.2) is 59.2 Å². The number of hydrogen-bond acceptors (Lipinski definition) is 5. The molecule has 0 radical (unpaired) electrons. The number of aromatic nitrogens is 6. The fraction of sp³-hybridized carbons (Fsp3) is 0.0556. The minimum atomic E-state index is 0.424. The van der Waals surface area contributed by atoms with E-state index in [9.17, 15) is 0 Å². The molecule has 0 aliphatic heterocycles. The molecule has 27 heavy (non-hydrogen) atoms. The Balaban J connectivity index is 1.66. The summed E-state index contributed by atoms with van der Waals surface area (Å²) in [4.78, 5) is 0. The van der Waals surface area contributed by atoms with Crippen molar-refractivity contribution >= 4 is 27.5 Å². The smallest absolute Gasteiger partial charge is 0.187 e. The maximum atomic E-state index is 8.91. The molecule has 2 aromatic carbocycles. The molecule has 0 fully saturated rings. The van der Waals surface area contributed by atoms with E-state index in [0.29, 0.717) is 28.6 Å². The topological polar surface area (TPSA) is 85.2 Å². The van der Waals surface area contributed by atoms with Crippen molar-refractivity contribution in [3.8, 4) is 23.1 Å². The van der Waals surface area contributed by atoms with Crippen molar-refractivity contribution in [2.45, 2.75) is 6.54 Å². The average Bonchev–Trinajstić information content (AvgIpc) is 3.29. The molecule has 0 amide bonds. The lowest BCUT2D eigenvalue weighted by Crippen LogP contribution is -2.04. The Hall–Kier alpha value is -3.02. The molecule has 0 aliphatic rings. The van der Waals surface area contributed by atoms with Crippen molar-refractivity contribution in [1.82, 2.24) is 30.0 Å². The van der Waals surface area contributed by atoms with Crippen LogP contribution in [-0.4, -0.2) is 30.0 Å². The van der Waals surface area contributed by atoms with Crippen LogP contribution in [-0.2, 0) is 6.54 Å². The van der Waals surface area contributed by atoms with Crippen LogP contribution >= 0.6 is 27.5 Å². The summed E-state index contributed by atoms with van der Waals surface area (Å²) < 4.78 is 4.25. The van der Waals surface area contributed by atoms with Gasteiger partial charge in [-0.25, -0.2) is 9.36 Å². The Morgan fingerprint density at radius 2 is 1.81 bits per heavy atom. The second kappa shape index (κ2) is 7.31. The summed E-state index contributed by atoms with van der Waals surface area (Å²) in [5, 5.41) is 25.6. The highest BCUT2D eigenvalue weighted by Gasteiger charge is 2.18. The fourth-order valence-corrected chi connectivity index (χ4v) is 3.15. The summed E-state index contributed by atoms with van der Waals surface area (Å²) >= 11 is 9.96. The van der Waals surface area contributed by atoms with Crippen LogP contribution in [0.2, 0.25) is 5.15 Å². The SMILES string of the molecule is N#Cc1ccc(Cn2nnnc2-c2cnn(-c3ccc(Br)cc3)c2Cl)cc1. The normalized spacial score (nSPS) is 10.7. The first-order valence-electron chi connectivity index (χ1n) is 7.91. The Kier molecular flexibility index (Phi) is 4.71. The van der Waals surface area contributed by atoms with E-state index < -0.39 is 0 Å². The molecule has 7 nitrogen and oxygen atoms in total. The molecule has 0 saturated carbocycles. The summed E-state index contributed by atoms with van der Waals surface area (Å²) in [5.74, 6) is 0.521. The first kappa shape index (κ1) is 17.4. The van der Waals surface area contributed by atoms with E-state index in [1.165, 1.54) is 0 Å². The van der Waals surface area contributed by atoms with Gasteiger partial charge in [-0.2, -0.15) is 10.4 Å². The predicted octanol–water partition coefficient (Wildman–Crippen LogP) is 3.86. The van der Waals surface area contributed by atoms with Crippen LogP contribution in [0.5, 0.6) is 0 Å². The summed E-state index contributed by atoms with van der Waals surface area (Å²) in [5.41, 5.74) is 3.05. The Bertz CT molecular complexity index is 1120. The maximum absolute atomic E-state index is 8.91. The molecule has 4 rings (SSSR count). The summed E-state index contributed by atoms with van der Waals surface area (Å²) in [6, 6.07) is 17.0. The summed E-state index contributed by atoms with van der Waals surface area (Å²) in [6.45, 7) is 0.452. The van der Waals surface area contributed by atoms with Gasteiger partial charge in [-0.05, 0) is 52.4 Å². The third-order valence-electron chi connectivity index (χ3n) is 3.97. The number of benzene rings is 2. The van der Waals surface area contributed by atoms with Gasteiger partial charge in [0.2, 0.25) is 0 Å². The van der Waals surface area contributed by atoms with E-state index in [2.05, 4.69) is 42.6 Å². The Morgan fingerprint density at radius 1 is 1.07 bits per heavy atom. The quantitative estimate of drug-likeness (QED) is 0.481. The van der Waals surface area contributed by atoms with E-state index in [1.807, 2.05) is 36.4 Å². The lowest BCUT2D eigenvalue weighted by molar-refractivity contribution is 0.653. The molecule has 132 valence electrons. The van der Waals surface area contributed by atoms with Gasteiger partial charge in [0.05, 0.1) is 35.6 Å². The van der Waals surface area contributed by atoms with Crippen molar-refractivity contribution in [2.75, 3.05) is 0 Å². The zero-order chi connectivity index (χ0) is 18.8. The molecular weight excluding hydrogens is 430 g/mol. The third kappa shape index (κ3) is 3.47. The van der Waals surface area contributed by atoms with Gasteiger partial charge in [0.25, 0.3) is 0 Å². The molecule has 9 heteroatoms. The second-order valence-electron chi connectivity index (χ2n) is 5.71. The lowest BCUT2D eigenvalue weighted by Gasteiger charge is -2.06. The van der Waals surface area contributed by atoms with Crippen molar-refractivity contribution in [3.63, 3.8) is 0 Å². The number of nitrogens with zero attached hydrogens (tertiary/aromatic N) is 7. The van der Waals surface area contributed by atoms with Crippen molar-refractivity contribution in [1.29, 1.82) is 5.26 Å². The first-order valence-corrected chi connectivity index (χ1v) is 9.08. The average molecular weight is 441 g/mol. The lowest BCUT2D eigenvalue weighted by atomic mass is 10.1. The monoisotopic (exact) mass is 439 g/mol. The van der Waals surface area contributed by atoms with E-state index in [4.69, 9.17) is 16.9 Å². The minimum Gasteiger partial charge on any atom is -0.221 e. The third-order valence-corrected chi connectivity index (χ3v) is 4.86. The van der Waals surface area contributed by atoms with Gasteiger partial charge >= 0.3 is 0 Å². The molecule has 0 unspecified atom stereocenters. The largest absolute Gasteiger partial charge is 0.221 e. The van der Waals surface area contributed by atoms with E-state index in [-0.39, 0.29) is 0 Å². The van der Waals surface area contributed by atoms with Gasteiger partial charge in [-0.1, -0.05) is 39.7 Å². The van der Waals surface area contributed by atoms with Gasteiger partial charge in [0, 0.05) is 4.47 Å². The molecule has 4 aromatic rings. The van der Waals surface area contributed by atoms with E-state index in [0.717, 1.165) is 15.7 Å². The van der Waals surface area contributed by atoms with Crippen LogP contribution in [0.1, 0.15) is 11.1 Å². The molecule has 0 aliphatic carbocycles. The zero-order valence-corrected chi connectivity index (χ0v) is 16.1. The van der Waals surface area contributed by atoms with Crippen LogP contribution in [0, 0.1) is 11.3 Å². The number of hydrogen-bond donors (Lipinski definition) is 0. The Morgan fingerprint density at radius 3 is 2.52 bits per heavy atom. The second-order valence-corrected chi connectivity index (χ2v) is 6.98. The molecular formula is C18H11BrClN7. The van der Waals surface area contributed by atoms with Gasteiger partial charge in [0.15, 0.2) is 5.82 Å². The predicted molar refractivity (Wildman–Crippen MR) is 103 cm³/mol. The van der Waals surface area contributed by atoms with Crippen molar-refractivity contribution < 1.29 is 0 Å². The van der Waals surface area contributed by atoms with Crippen molar-refractivity contribution in [2.24, 2.45) is 0 Å². The number of halogens is 2. The zero-order valence-electron chi connectivity index (χ0n) is 13.8. The standard InChI is InChI=1S/C18H11BrClN7/c19-14-5-7-15(8-6-14)27-17(20)16(10-22-27)18-23-24-25-26(18)11-13-3-1-12(9-21)2-4-13/h1-8,10H,11H2. The van der Waals surface area contributed by atoms with Crippen molar-refractivity contribution in [3.05, 3.63) is 75.5 Å². The molecule has 0 saturated heterocycles. The van der Waals surface area contributed by atoms with Crippen LogP contribution in [0.3, 0.4) is 0 Å². The van der Waals surface area contributed by atoms with Crippen LogP contribution in [0.4, 0.5) is 0 Å². The molecule has 2 heterocycles. The number of tetrazole rings is 1. The van der Waals surface area contributed by atoms with Crippen LogP contribution in [0.25, 0.3) is 17.1 Å². The molecule has 2 aromatic heterocycles. The van der Waals surface area contributed by atoms with E-state index in [1.54, 1.807) is 27.7 Å². The minimum absolute atomic E-state index is 0.424. The van der Waals surface area contributed by atoms with Gasteiger partial charge in [0.1, 0.15) is 5.15 Å². The first-order chi connectivity index (χ1) is 13.2. The number of nitriles is 1. The highest BCUT2D eigenvalue weighted by atomic mass is 79.9. The molecule has 0 bridgehead atoms. The molecule has 0 N–H and O–H groups in total.